The minimum atomic E-state index is -0.00352. The lowest BCUT2D eigenvalue weighted by Gasteiger charge is -2.02. The molecule has 0 spiro atoms. The highest BCUT2D eigenvalue weighted by molar-refractivity contribution is 7.73. The van der Waals surface area contributed by atoms with E-state index in [1.165, 1.54) is 11.3 Å². The number of carbonyl (C=O) groups excluding carboxylic acids is 1. The van der Waals surface area contributed by atoms with Crippen molar-refractivity contribution in [2.75, 3.05) is 0 Å². The zero-order valence-electron chi connectivity index (χ0n) is 10.1. The van der Waals surface area contributed by atoms with Crippen LogP contribution in [-0.4, -0.2) is 15.9 Å². The summed E-state index contributed by atoms with van der Waals surface area (Å²) < 4.78 is 0.714. The van der Waals surface area contributed by atoms with Gasteiger partial charge >= 0.3 is 0 Å². The zero-order chi connectivity index (χ0) is 13.1. The maximum Gasteiger partial charge on any atom is 0.225 e. The van der Waals surface area contributed by atoms with Crippen LogP contribution < -0.4 is 5.32 Å². The molecule has 0 aliphatic heterocycles. The third kappa shape index (κ3) is 3.47. The van der Waals surface area contributed by atoms with Gasteiger partial charge in [0, 0.05) is 21.6 Å². The first kappa shape index (κ1) is 13.4. The van der Waals surface area contributed by atoms with Crippen LogP contribution in [0.4, 0.5) is 0 Å². The number of hydrogen-bond donors (Lipinski definition) is 2. The first-order valence-corrected chi connectivity index (χ1v) is 7.45. The summed E-state index contributed by atoms with van der Waals surface area (Å²) in [5, 5.41) is 3.79. The van der Waals surface area contributed by atoms with Gasteiger partial charge in [-0.3, -0.25) is 4.79 Å². The SMILES string of the molecule is Cc1cnc(CNC(=O)Cc2sc(=S)[nH]c2C)s1. The second-order valence-electron chi connectivity index (χ2n) is 3.88. The Labute approximate surface area is 118 Å². The normalized spacial score (nSPS) is 10.6. The highest BCUT2D eigenvalue weighted by atomic mass is 32.1. The summed E-state index contributed by atoms with van der Waals surface area (Å²) in [6, 6.07) is 0. The van der Waals surface area contributed by atoms with Gasteiger partial charge in [-0.25, -0.2) is 4.98 Å². The Kier molecular flexibility index (Phi) is 4.26. The maximum atomic E-state index is 11.8. The number of nitrogens with zero attached hydrogens (tertiary/aromatic N) is 1. The number of nitrogens with one attached hydrogen (secondary N) is 2. The summed E-state index contributed by atoms with van der Waals surface area (Å²) in [6.07, 6.45) is 2.18. The molecule has 2 N–H and O–H groups in total. The molecule has 0 aliphatic rings. The van der Waals surface area contributed by atoms with Gasteiger partial charge in [-0.15, -0.1) is 22.7 Å². The Bertz CT molecular complexity index is 611. The van der Waals surface area contributed by atoms with Crippen molar-refractivity contribution in [2.45, 2.75) is 26.8 Å². The summed E-state index contributed by atoms with van der Waals surface area (Å²) in [7, 11) is 0. The van der Waals surface area contributed by atoms with Crippen molar-refractivity contribution in [2.24, 2.45) is 0 Å². The van der Waals surface area contributed by atoms with Gasteiger partial charge in [-0.2, -0.15) is 0 Å². The van der Waals surface area contributed by atoms with E-state index in [2.05, 4.69) is 15.3 Å². The molecule has 2 aromatic heterocycles. The number of aryl methyl sites for hydroxylation is 2. The van der Waals surface area contributed by atoms with Crippen molar-refractivity contribution in [3.8, 4) is 0 Å². The topological polar surface area (TPSA) is 57.8 Å². The first-order chi connectivity index (χ1) is 8.54. The fourth-order valence-corrected chi connectivity index (χ4v) is 3.49. The van der Waals surface area contributed by atoms with Crippen LogP contribution in [-0.2, 0) is 17.8 Å². The number of carbonyl (C=O) groups is 1. The van der Waals surface area contributed by atoms with Gasteiger partial charge in [0.1, 0.15) is 5.01 Å². The van der Waals surface area contributed by atoms with E-state index in [-0.39, 0.29) is 5.91 Å². The number of hydrogen-bond acceptors (Lipinski definition) is 5. The summed E-state index contributed by atoms with van der Waals surface area (Å²) >= 11 is 8.09. The lowest BCUT2D eigenvalue weighted by Crippen LogP contribution is -2.24. The predicted octanol–water partition coefficient (Wildman–Crippen LogP) is 2.74. The number of rotatable bonds is 4. The van der Waals surface area contributed by atoms with E-state index in [0.29, 0.717) is 16.9 Å². The van der Waals surface area contributed by atoms with Gasteiger partial charge in [0.05, 0.1) is 13.0 Å². The standard InChI is InChI=1S/C11H13N3OS3/c1-6-4-13-10(17-6)5-12-9(15)3-8-7(2)14-11(16)18-8/h4H,3,5H2,1-2H3,(H,12,15)(H,14,16). The number of thiazole rings is 2. The van der Waals surface area contributed by atoms with Crippen molar-refractivity contribution in [1.82, 2.24) is 15.3 Å². The molecule has 0 fully saturated rings. The minimum absolute atomic E-state index is 0.00352. The molecule has 0 aromatic carbocycles. The van der Waals surface area contributed by atoms with Gasteiger partial charge in [0.2, 0.25) is 5.91 Å². The molecule has 2 rings (SSSR count). The molecular formula is C11H13N3OS3. The predicted molar refractivity (Wildman–Crippen MR) is 76.6 cm³/mol. The Morgan fingerprint density at radius 2 is 2.28 bits per heavy atom. The van der Waals surface area contributed by atoms with Gasteiger partial charge in [0.25, 0.3) is 0 Å². The van der Waals surface area contributed by atoms with Crippen molar-refractivity contribution in [3.05, 3.63) is 30.6 Å². The smallest absolute Gasteiger partial charge is 0.225 e. The third-order valence-electron chi connectivity index (χ3n) is 2.35. The average molecular weight is 299 g/mol. The molecule has 2 aromatic rings. The fourth-order valence-electron chi connectivity index (χ4n) is 1.47. The van der Waals surface area contributed by atoms with Gasteiger partial charge < -0.3 is 10.3 Å². The molecule has 0 aliphatic carbocycles. The molecule has 96 valence electrons. The maximum absolute atomic E-state index is 11.8. The van der Waals surface area contributed by atoms with Crippen LogP contribution in [0.3, 0.4) is 0 Å². The Balaban J connectivity index is 1.89. The number of H-pyrrole nitrogens is 1. The molecule has 7 heteroatoms. The Hall–Kier alpha value is -1.05. The van der Waals surface area contributed by atoms with Crippen LogP contribution in [0.25, 0.3) is 0 Å². The summed E-state index contributed by atoms with van der Waals surface area (Å²) in [6.45, 7) is 4.42. The first-order valence-electron chi connectivity index (χ1n) is 5.41. The molecule has 0 unspecified atom stereocenters. The highest BCUT2D eigenvalue weighted by Crippen LogP contribution is 2.15. The minimum Gasteiger partial charge on any atom is -0.349 e. The van der Waals surface area contributed by atoms with Crippen molar-refractivity contribution in [1.29, 1.82) is 0 Å². The largest absolute Gasteiger partial charge is 0.349 e. The molecule has 1 amide bonds. The molecule has 4 nitrogen and oxygen atoms in total. The van der Waals surface area contributed by atoms with Crippen LogP contribution in [0.1, 0.15) is 20.5 Å². The number of amides is 1. The molecule has 0 radical (unpaired) electrons. The Morgan fingerprint density at radius 3 is 2.83 bits per heavy atom. The van der Waals surface area contributed by atoms with Crippen molar-refractivity contribution in [3.63, 3.8) is 0 Å². The number of aromatic nitrogens is 2. The van der Waals surface area contributed by atoms with E-state index in [1.54, 1.807) is 11.3 Å². The van der Waals surface area contributed by atoms with Crippen LogP contribution >= 0.6 is 34.9 Å². The number of aromatic amines is 1. The van der Waals surface area contributed by atoms with E-state index >= 15 is 0 Å². The van der Waals surface area contributed by atoms with Crippen molar-refractivity contribution >= 4 is 40.8 Å². The third-order valence-corrected chi connectivity index (χ3v) is 4.60. The van der Waals surface area contributed by atoms with E-state index in [4.69, 9.17) is 12.2 Å². The lowest BCUT2D eigenvalue weighted by atomic mass is 10.3. The van der Waals surface area contributed by atoms with Crippen LogP contribution in [0.5, 0.6) is 0 Å². The molecule has 0 saturated carbocycles. The quantitative estimate of drug-likeness (QED) is 0.854. The average Bonchev–Trinajstić information content (AvgIpc) is 2.83. The van der Waals surface area contributed by atoms with Gasteiger partial charge in [0.15, 0.2) is 3.95 Å². The molecule has 0 atom stereocenters. The zero-order valence-corrected chi connectivity index (χ0v) is 12.5. The van der Waals surface area contributed by atoms with Gasteiger partial charge in [-0.05, 0) is 26.1 Å². The second kappa shape index (κ2) is 5.73. The van der Waals surface area contributed by atoms with Crippen LogP contribution in [0.2, 0.25) is 0 Å². The molecule has 18 heavy (non-hydrogen) atoms. The van der Waals surface area contributed by atoms with E-state index in [9.17, 15) is 4.79 Å². The second-order valence-corrected chi connectivity index (χ2v) is 6.97. The summed E-state index contributed by atoms with van der Waals surface area (Å²) in [5.41, 5.74) is 0.977. The van der Waals surface area contributed by atoms with E-state index < -0.39 is 0 Å². The van der Waals surface area contributed by atoms with Crippen LogP contribution in [0, 0.1) is 17.8 Å². The molecule has 0 saturated heterocycles. The molecular weight excluding hydrogens is 286 g/mol. The van der Waals surface area contributed by atoms with E-state index in [0.717, 1.165) is 20.5 Å². The Morgan fingerprint density at radius 1 is 1.50 bits per heavy atom. The fraction of sp³-hybridized carbons (Fsp3) is 0.364. The molecule has 2 heterocycles. The highest BCUT2D eigenvalue weighted by Gasteiger charge is 2.09. The van der Waals surface area contributed by atoms with E-state index in [1.807, 2.05) is 20.0 Å². The summed E-state index contributed by atoms with van der Waals surface area (Å²) in [4.78, 5) is 21.2. The lowest BCUT2D eigenvalue weighted by molar-refractivity contribution is -0.120. The van der Waals surface area contributed by atoms with Gasteiger partial charge in [-0.1, -0.05) is 0 Å². The molecule has 0 bridgehead atoms. The summed E-state index contributed by atoms with van der Waals surface area (Å²) in [5.74, 6) is -0.00352. The monoisotopic (exact) mass is 299 g/mol. The van der Waals surface area contributed by atoms with Crippen LogP contribution in [0.15, 0.2) is 6.20 Å². The van der Waals surface area contributed by atoms with Crippen molar-refractivity contribution < 1.29 is 4.79 Å².